The lowest BCUT2D eigenvalue weighted by Gasteiger charge is -2.40. The summed E-state index contributed by atoms with van der Waals surface area (Å²) in [4.78, 5) is 30.4. The fourth-order valence-electron chi connectivity index (χ4n) is 6.58. The average molecular weight is 502 g/mol. The lowest BCUT2D eigenvalue weighted by Crippen LogP contribution is -2.45. The van der Waals surface area contributed by atoms with Gasteiger partial charge in [-0.1, -0.05) is 69.3 Å². The Hall–Kier alpha value is -2.82. The average Bonchev–Trinajstić information content (AvgIpc) is 3.71. The minimum absolute atomic E-state index is 0.0241. The van der Waals surface area contributed by atoms with Gasteiger partial charge < -0.3 is 15.1 Å². The van der Waals surface area contributed by atoms with Crippen LogP contribution in [0.1, 0.15) is 75.5 Å². The molecule has 5 nitrogen and oxygen atoms in total. The van der Waals surface area contributed by atoms with E-state index in [0.29, 0.717) is 23.7 Å². The van der Waals surface area contributed by atoms with Crippen LogP contribution in [0.2, 0.25) is 0 Å². The van der Waals surface area contributed by atoms with Gasteiger partial charge in [-0.25, -0.2) is 4.79 Å². The van der Waals surface area contributed by atoms with Crippen LogP contribution in [0.25, 0.3) is 0 Å². The predicted molar refractivity (Wildman–Crippen MR) is 150 cm³/mol. The first-order valence-electron chi connectivity index (χ1n) is 14.2. The number of amides is 3. The zero-order valence-electron chi connectivity index (χ0n) is 23.0. The second-order valence-corrected chi connectivity index (χ2v) is 12.5. The molecular weight excluding hydrogens is 458 g/mol. The summed E-state index contributed by atoms with van der Waals surface area (Å²) in [6, 6.07) is 16.8. The fourth-order valence-corrected chi connectivity index (χ4v) is 6.58. The number of benzene rings is 2. The van der Waals surface area contributed by atoms with Crippen molar-refractivity contribution < 1.29 is 9.59 Å². The van der Waals surface area contributed by atoms with Crippen LogP contribution < -0.4 is 5.32 Å². The highest BCUT2D eigenvalue weighted by molar-refractivity contribution is 5.91. The number of rotatable bonds is 4. The Kier molecular flexibility index (Phi) is 7.33. The number of urea groups is 1. The topological polar surface area (TPSA) is 52.7 Å². The molecule has 5 rings (SSSR count). The van der Waals surface area contributed by atoms with Gasteiger partial charge in [0.25, 0.3) is 0 Å². The van der Waals surface area contributed by atoms with Crippen molar-refractivity contribution in [1.29, 1.82) is 0 Å². The second-order valence-electron chi connectivity index (χ2n) is 12.5. The van der Waals surface area contributed by atoms with Crippen molar-refractivity contribution in [2.75, 3.05) is 31.5 Å². The maximum absolute atomic E-state index is 13.2. The number of carbonyl (C=O) groups is 2. The molecule has 2 unspecified atom stereocenters. The molecule has 2 aromatic carbocycles. The Bertz CT molecular complexity index is 1110. The molecule has 198 valence electrons. The van der Waals surface area contributed by atoms with Crippen molar-refractivity contribution in [3.8, 4) is 0 Å². The van der Waals surface area contributed by atoms with Gasteiger partial charge in [-0.15, -0.1) is 0 Å². The summed E-state index contributed by atoms with van der Waals surface area (Å²) in [5.74, 6) is 2.29. The molecule has 2 aromatic rings. The third-order valence-corrected chi connectivity index (χ3v) is 8.99. The summed E-state index contributed by atoms with van der Waals surface area (Å²) in [7, 11) is 0. The van der Waals surface area contributed by atoms with Crippen molar-refractivity contribution in [2.24, 2.45) is 17.8 Å². The summed E-state index contributed by atoms with van der Waals surface area (Å²) in [5.41, 5.74) is 4.53. The van der Waals surface area contributed by atoms with Gasteiger partial charge in [0.05, 0.1) is 0 Å². The number of nitrogens with zero attached hydrogens (tertiary/aromatic N) is 2. The Morgan fingerprint density at radius 2 is 1.41 bits per heavy atom. The summed E-state index contributed by atoms with van der Waals surface area (Å²) in [6.07, 6.45) is 5.32. The first-order chi connectivity index (χ1) is 17.7. The minimum Gasteiger partial charge on any atom is -0.342 e. The highest BCUT2D eigenvalue weighted by Gasteiger charge is 2.46. The lowest BCUT2D eigenvalue weighted by atomic mass is 9.78. The molecule has 2 aliphatic heterocycles. The number of piperidine rings is 2. The maximum atomic E-state index is 13.2. The molecule has 5 heteroatoms. The third kappa shape index (κ3) is 5.71. The monoisotopic (exact) mass is 501 g/mol. The number of hydrogen-bond acceptors (Lipinski definition) is 2. The molecule has 1 saturated carbocycles. The first kappa shape index (κ1) is 25.8. The Balaban J connectivity index is 1.09. The van der Waals surface area contributed by atoms with E-state index in [9.17, 15) is 9.59 Å². The fraction of sp³-hybridized carbons (Fsp3) is 0.562. The molecule has 1 aliphatic carbocycles. The molecule has 3 aliphatic rings. The Morgan fingerprint density at radius 1 is 0.811 bits per heavy atom. The van der Waals surface area contributed by atoms with Crippen molar-refractivity contribution in [1.82, 2.24) is 9.80 Å². The van der Waals surface area contributed by atoms with E-state index in [1.54, 1.807) is 0 Å². The van der Waals surface area contributed by atoms with E-state index in [0.717, 1.165) is 69.5 Å². The molecule has 0 radical (unpaired) electrons. The van der Waals surface area contributed by atoms with E-state index in [4.69, 9.17) is 0 Å². The first-order valence-corrected chi connectivity index (χ1v) is 14.2. The third-order valence-electron chi connectivity index (χ3n) is 8.99. The molecule has 3 amide bonds. The van der Waals surface area contributed by atoms with E-state index in [-0.39, 0.29) is 17.4 Å². The Morgan fingerprint density at radius 3 is 2.00 bits per heavy atom. The van der Waals surface area contributed by atoms with Crippen LogP contribution >= 0.6 is 0 Å². The zero-order chi connectivity index (χ0) is 26.2. The van der Waals surface area contributed by atoms with Crippen LogP contribution in [-0.4, -0.2) is 47.9 Å². The predicted octanol–water partition coefficient (Wildman–Crippen LogP) is 6.58. The van der Waals surface area contributed by atoms with Gasteiger partial charge >= 0.3 is 6.03 Å². The van der Waals surface area contributed by atoms with E-state index < -0.39 is 0 Å². The molecule has 37 heavy (non-hydrogen) atoms. The summed E-state index contributed by atoms with van der Waals surface area (Å²) >= 11 is 0. The highest BCUT2D eigenvalue weighted by Crippen LogP contribution is 2.49. The number of carbonyl (C=O) groups excluding carboxylic acids is 2. The van der Waals surface area contributed by atoms with Gasteiger partial charge in [-0.05, 0) is 78.9 Å². The lowest BCUT2D eigenvalue weighted by molar-refractivity contribution is -0.134. The van der Waals surface area contributed by atoms with Crippen LogP contribution in [0.15, 0.2) is 48.5 Å². The second kappa shape index (κ2) is 10.5. The molecule has 0 aromatic heterocycles. The van der Waals surface area contributed by atoms with E-state index in [1.165, 1.54) is 11.1 Å². The number of hydrogen-bond donors (Lipinski definition) is 1. The van der Waals surface area contributed by atoms with Crippen molar-refractivity contribution in [3.63, 3.8) is 0 Å². The van der Waals surface area contributed by atoms with E-state index in [1.807, 2.05) is 11.0 Å². The molecule has 2 heterocycles. The van der Waals surface area contributed by atoms with Crippen molar-refractivity contribution in [2.45, 2.75) is 71.1 Å². The molecule has 0 bridgehead atoms. The van der Waals surface area contributed by atoms with Gasteiger partial charge in [-0.2, -0.15) is 0 Å². The number of para-hydroxylation sites is 1. The number of anilines is 1. The van der Waals surface area contributed by atoms with E-state index >= 15 is 0 Å². The minimum atomic E-state index is -0.0279. The summed E-state index contributed by atoms with van der Waals surface area (Å²) in [5, 5.41) is 3.24. The van der Waals surface area contributed by atoms with Gasteiger partial charge in [0.2, 0.25) is 5.91 Å². The van der Waals surface area contributed by atoms with Crippen LogP contribution in [0.4, 0.5) is 10.5 Å². The SMILES string of the molecule is Cc1cccc(C(C)(C)C)c1NC(=O)N1CCC(C2CCN(C(=O)C3CC3c3ccccc3)CC2)CC1. The smallest absolute Gasteiger partial charge is 0.321 e. The molecule has 3 fully saturated rings. The van der Waals surface area contributed by atoms with E-state index in [2.05, 4.69) is 80.4 Å². The van der Waals surface area contributed by atoms with Crippen LogP contribution in [0, 0.1) is 24.7 Å². The Labute approximate surface area is 222 Å². The van der Waals surface area contributed by atoms with Crippen LogP contribution in [-0.2, 0) is 10.2 Å². The summed E-state index contributed by atoms with van der Waals surface area (Å²) < 4.78 is 0. The number of aryl methyl sites for hydroxylation is 1. The van der Waals surface area contributed by atoms with Gasteiger partial charge in [0.1, 0.15) is 0 Å². The molecular formula is C32H43N3O2. The number of likely N-dealkylation sites (tertiary alicyclic amines) is 2. The van der Waals surface area contributed by atoms with Gasteiger partial charge in [0.15, 0.2) is 0 Å². The van der Waals surface area contributed by atoms with Gasteiger partial charge in [0, 0.05) is 37.8 Å². The number of nitrogens with one attached hydrogen (secondary N) is 1. The standard InChI is InChI=1S/C32H43N3O2/c1-22-9-8-12-28(32(2,3)4)29(22)33-31(37)35-19-15-24(16-20-35)23-13-17-34(18-14-23)30(36)27-21-26(27)25-10-6-5-7-11-25/h5-12,23-24,26-27H,13-21H2,1-4H3,(H,33,37). The molecule has 1 N–H and O–H groups in total. The van der Waals surface area contributed by atoms with Crippen molar-refractivity contribution in [3.05, 3.63) is 65.2 Å². The quantitative estimate of drug-likeness (QED) is 0.515. The molecule has 2 atom stereocenters. The van der Waals surface area contributed by atoms with Crippen LogP contribution in [0.5, 0.6) is 0 Å². The highest BCUT2D eigenvalue weighted by atomic mass is 16.2. The normalized spacial score (nSPS) is 23.1. The zero-order valence-corrected chi connectivity index (χ0v) is 23.0. The molecule has 0 spiro atoms. The summed E-state index contributed by atoms with van der Waals surface area (Å²) in [6.45, 7) is 12.0. The molecule has 2 saturated heterocycles. The van der Waals surface area contributed by atoms with Gasteiger partial charge in [-0.3, -0.25) is 4.79 Å². The maximum Gasteiger partial charge on any atom is 0.321 e. The van der Waals surface area contributed by atoms with Crippen LogP contribution in [0.3, 0.4) is 0 Å². The van der Waals surface area contributed by atoms with Crippen molar-refractivity contribution >= 4 is 17.6 Å². The largest absolute Gasteiger partial charge is 0.342 e.